The van der Waals surface area contributed by atoms with Gasteiger partial charge in [0.05, 0.1) is 23.7 Å². The molecule has 0 aliphatic carbocycles. The lowest BCUT2D eigenvalue weighted by atomic mass is 9.97. The van der Waals surface area contributed by atoms with Gasteiger partial charge in [-0.15, -0.1) is 10.2 Å². The van der Waals surface area contributed by atoms with Crippen LogP contribution in [0.15, 0.2) is 42.7 Å². The fourth-order valence-electron chi connectivity index (χ4n) is 3.46. The summed E-state index contributed by atoms with van der Waals surface area (Å²) in [6.07, 6.45) is -0.360. The van der Waals surface area contributed by atoms with Crippen LogP contribution >= 0.6 is 0 Å². The summed E-state index contributed by atoms with van der Waals surface area (Å²) in [5.41, 5.74) is 0.319. The number of pyridine rings is 2. The van der Waals surface area contributed by atoms with Gasteiger partial charge in [0.2, 0.25) is 11.9 Å². The summed E-state index contributed by atoms with van der Waals surface area (Å²) in [6.45, 7) is 1.30. The minimum Gasteiger partial charge on any atom is -0.350 e. The zero-order valence-corrected chi connectivity index (χ0v) is 15.4. The first-order valence-corrected chi connectivity index (χ1v) is 9.26. The second-order valence-electron chi connectivity index (χ2n) is 6.97. The van der Waals surface area contributed by atoms with Crippen molar-refractivity contribution >= 4 is 17.5 Å². The molecule has 0 aromatic carbocycles. The molecule has 0 bridgehead atoms. The van der Waals surface area contributed by atoms with E-state index in [1.807, 2.05) is 17.0 Å². The van der Waals surface area contributed by atoms with Crippen LogP contribution < -0.4 is 10.2 Å². The zero-order chi connectivity index (χ0) is 20.4. The van der Waals surface area contributed by atoms with Crippen LogP contribution in [0.25, 0.3) is 5.65 Å². The third-order valence-electron chi connectivity index (χ3n) is 4.96. The van der Waals surface area contributed by atoms with Crippen LogP contribution in [0.1, 0.15) is 24.1 Å². The molecule has 4 rings (SSSR count). The number of nitrogens with zero attached hydrogens (tertiary/aromatic N) is 5. The molecule has 0 spiro atoms. The Morgan fingerprint density at radius 3 is 2.83 bits per heavy atom. The molecule has 4 heterocycles. The van der Waals surface area contributed by atoms with Crippen LogP contribution in [-0.4, -0.2) is 38.6 Å². The van der Waals surface area contributed by atoms with Crippen LogP contribution in [-0.2, 0) is 17.5 Å². The lowest BCUT2D eigenvalue weighted by molar-refractivity contribution is -0.137. The molecule has 3 aromatic heterocycles. The van der Waals surface area contributed by atoms with Crippen LogP contribution in [0.4, 0.5) is 19.1 Å². The van der Waals surface area contributed by atoms with Gasteiger partial charge < -0.3 is 10.2 Å². The highest BCUT2D eigenvalue weighted by Crippen LogP contribution is 2.30. The van der Waals surface area contributed by atoms with Crippen LogP contribution in [0.2, 0.25) is 0 Å². The number of carbonyl (C=O) groups is 1. The molecular weight excluding hydrogens is 385 g/mol. The van der Waals surface area contributed by atoms with Crippen molar-refractivity contribution in [1.82, 2.24) is 24.9 Å². The second-order valence-corrected chi connectivity index (χ2v) is 6.97. The average molecular weight is 404 g/mol. The average Bonchev–Trinajstić information content (AvgIpc) is 3.15. The summed E-state index contributed by atoms with van der Waals surface area (Å²) in [7, 11) is 0. The molecule has 1 atom stereocenters. The fraction of sp³-hybridized carbons (Fsp3) is 0.368. The number of anilines is 1. The van der Waals surface area contributed by atoms with Gasteiger partial charge in [-0.2, -0.15) is 13.2 Å². The summed E-state index contributed by atoms with van der Waals surface area (Å²) in [5, 5.41) is 10.9. The lowest BCUT2D eigenvalue weighted by Crippen LogP contribution is -2.43. The Kier molecular flexibility index (Phi) is 5.08. The molecule has 1 amide bonds. The largest absolute Gasteiger partial charge is 0.417 e. The Morgan fingerprint density at radius 2 is 2.07 bits per heavy atom. The summed E-state index contributed by atoms with van der Waals surface area (Å²) in [5.74, 6) is -0.0795. The van der Waals surface area contributed by atoms with Gasteiger partial charge in [0, 0.05) is 25.5 Å². The summed E-state index contributed by atoms with van der Waals surface area (Å²) in [6, 6.07) is 7.76. The second kappa shape index (κ2) is 7.69. The number of rotatable bonds is 4. The smallest absolute Gasteiger partial charge is 0.350 e. The molecule has 0 unspecified atom stereocenters. The first kappa shape index (κ1) is 19.2. The lowest BCUT2D eigenvalue weighted by Gasteiger charge is -2.32. The standard InChI is InChI=1S/C19H19F3N6O/c20-19(21,22)14-6-7-16-25-26-18(28(16)12-14)27-9-3-4-13(11-27)17(29)24-10-15-5-1-2-8-23-15/h1-2,5-8,12-13H,3-4,9-11H2,(H,24,29)/t13-/m0/s1. The maximum Gasteiger partial charge on any atom is 0.417 e. The number of amides is 1. The first-order valence-electron chi connectivity index (χ1n) is 9.26. The van der Waals surface area contributed by atoms with E-state index in [-0.39, 0.29) is 11.8 Å². The van der Waals surface area contributed by atoms with Gasteiger partial charge in [-0.1, -0.05) is 6.07 Å². The van der Waals surface area contributed by atoms with E-state index in [1.165, 1.54) is 10.5 Å². The Morgan fingerprint density at radius 1 is 1.21 bits per heavy atom. The van der Waals surface area contributed by atoms with Gasteiger partial charge >= 0.3 is 6.18 Å². The molecule has 10 heteroatoms. The Bertz CT molecular complexity index is 1000. The molecule has 152 valence electrons. The fourth-order valence-corrected chi connectivity index (χ4v) is 3.46. The van der Waals surface area contributed by atoms with E-state index in [4.69, 9.17) is 0 Å². The van der Waals surface area contributed by atoms with Crippen molar-refractivity contribution in [2.75, 3.05) is 18.0 Å². The van der Waals surface area contributed by atoms with Crippen molar-refractivity contribution in [3.8, 4) is 0 Å². The molecule has 3 aromatic rings. The van der Waals surface area contributed by atoms with Gasteiger partial charge in [0.25, 0.3) is 0 Å². The van der Waals surface area contributed by atoms with Crippen LogP contribution in [0.3, 0.4) is 0 Å². The van der Waals surface area contributed by atoms with E-state index in [2.05, 4.69) is 20.5 Å². The molecule has 0 radical (unpaired) electrons. The van der Waals surface area contributed by atoms with E-state index in [0.717, 1.165) is 24.4 Å². The Hall–Kier alpha value is -3.17. The summed E-state index contributed by atoms with van der Waals surface area (Å²) >= 11 is 0. The summed E-state index contributed by atoms with van der Waals surface area (Å²) < 4.78 is 40.5. The molecular formula is C19H19F3N6O. The monoisotopic (exact) mass is 404 g/mol. The molecule has 1 fully saturated rings. The number of hydrogen-bond donors (Lipinski definition) is 1. The van der Waals surface area contributed by atoms with Gasteiger partial charge in [0.15, 0.2) is 5.65 Å². The molecule has 1 aliphatic heterocycles. The minimum atomic E-state index is -4.45. The van der Waals surface area contributed by atoms with E-state index in [1.54, 1.807) is 12.3 Å². The quantitative estimate of drug-likeness (QED) is 0.724. The molecule has 0 saturated carbocycles. The van der Waals surface area contributed by atoms with Gasteiger partial charge in [-0.05, 0) is 37.1 Å². The molecule has 1 saturated heterocycles. The Balaban J connectivity index is 1.49. The Labute approximate surface area is 164 Å². The van der Waals surface area contributed by atoms with Gasteiger partial charge in [0.1, 0.15) is 0 Å². The number of piperidine rings is 1. The number of nitrogens with one attached hydrogen (secondary N) is 1. The number of aromatic nitrogens is 4. The van der Waals surface area contributed by atoms with E-state index < -0.39 is 11.7 Å². The molecule has 29 heavy (non-hydrogen) atoms. The van der Waals surface area contributed by atoms with Crippen LogP contribution in [0.5, 0.6) is 0 Å². The topological polar surface area (TPSA) is 75.4 Å². The molecule has 1 N–H and O–H groups in total. The predicted molar refractivity (Wildman–Crippen MR) is 99.0 cm³/mol. The van der Waals surface area contributed by atoms with Crippen molar-refractivity contribution in [3.05, 3.63) is 54.0 Å². The minimum absolute atomic E-state index is 0.106. The summed E-state index contributed by atoms with van der Waals surface area (Å²) in [4.78, 5) is 18.6. The van der Waals surface area contributed by atoms with E-state index in [9.17, 15) is 18.0 Å². The molecule has 1 aliphatic rings. The number of hydrogen-bond acceptors (Lipinski definition) is 5. The first-order chi connectivity index (χ1) is 13.9. The predicted octanol–water partition coefficient (Wildman–Crippen LogP) is 2.68. The maximum atomic E-state index is 13.1. The SMILES string of the molecule is O=C(NCc1ccccn1)[C@H]1CCCN(c2nnc3ccc(C(F)(F)F)cn23)C1. The van der Waals surface area contributed by atoms with Gasteiger partial charge in [-0.3, -0.25) is 14.2 Å². The van der Waals surface area contributed by atoms with Crippen molar-refractivity contribution in [1.29, 1.82) is 0 Å². The number of alkyl halides is 3. The highest BCUT2D eigenvalue weighted by Gasteiger charge is 2.32. The molecule has 7 nitrogen and oxygen atoms in total. The highest BCUT2D eigenvalue weighted by atomic mass is 19.4. The van der Waals surface area contributed by atoms with Crippen molar-refractivity contribution in [3.63, 3.8) is 0 Å². The van der Waals surface area contributed by atoms with E-state index >= 15 is 0 Å². The number of carbonyl (C=O) groups excluding carboxylic acids is 1. The maximum absolute atomic E-state index is 13.1. The van der Waals surface area contributed by atoms with Gasteiger partial charge in [-0.25, -0.2) is 0 Å². The van der Waals surface area contributed by atoms with E-state index in [0.29, 0.717) is 37.7 Å². The zero-order valence-electron chi connectivity index (χ0n) is 15.4. The number of halogens is 3. The van der Waals surface area contributed by atoms with Crippen molar-refractivity contribution in [2.24, 2.45) is 5.92 Å². The van der Waals surface area contributed by atoms with Crippen LogP contribution in [0, 0.1) is 5.92 Å². The third kappa shape index (κ3) is 4.15. The number of fused-ring (bicyclic) bond motifs is 1. The van der Waals surface area contributed by atoms with Crippen molar-refractivity contribution < 1.29 is 18.0 Å². The normalized spacial score (nSPS) is 17.5. The third-order valence-corrected chi connectivity index (χ3v) is 4.96. The highest BCUT2D eigenvalue weighted by molar-refractivity contribution is 5.79. The van der Waals surface area contributed by atoms with Crippen molar-refractivity contribution in [2.45, 2.75) is 25.6 Å².